The zero-order valence-electron chi connectivity index (χ0n) is 11.2. The summed E-state index contributed by atoms with van der Waals surface area (Å²) in [4.78, 5) is 25.1. The number of carbonyl (C=O) groups excluding carboxylic acids is 2. The molecule has 0 saturated heterocycles. The molecule has 1 atom stereocenters. The van der Waals surface area contributed by atoms with E-state index in [9.17, 15) is 9.59 Å². The number of ketones is 1. The van der Waals surface area contributed by atoms with Crippen LogP contribution in [0.25, 0.3) is 0 Å². The first-order valence-corrected chi connectivity index (χ1v) is 5.73. The Hall–Kier alpha value is -1.03. The molecule has 4 nitrogen and oxygen atoms in total. The molecule has 0 bridgehead atoms. The van der Waals surface area contributed by atoms with Crippen LogP contribution in [0.15, 0.2) is 11.2 Å². The summed E-state index contributed by atoms with van der Waals surface area (Å²) in [6.07, 6.45) is 1.46. The maximum atomic E-state index is 11.8. The van der Waals surface area contributed by atoms with Crippen LogP contribution in [0.2, 0.25) is 0 Å². The minimum Gasteiger partial charge on any atom is -0.459 e. The average Bonchev–Trinajstić information content (AvgIpc) is 2.11. The second-order valence-corrected chi connectivity index (χ2v) is 5.47. The van der Waals surface area contributed by atoms with Gasteiger partial charge in [0, 0.05) is 20.3 Å². The Kier molecular flexibility index (Phi) is 5.69. The molecule has 0 amide bonds. The second kappa shape index (κ2) is 6.05. The van der Waals surface area contributed by atoms with E-state index in [1.165, 1.54) is 13.1 Å². The van der Waals surface area contributed by atoms with Gasteiger partial charge in [-0.15, -0.1) is 0 Å². The fourth-order valence-corrected chi connectivity index (χ4v) is 1.35. The molecule has 0 heterocycles. The molecule has 5 heteroatoms. The van der Waals surface area contributed by atoms with Gasteiger partial charge in [-0.05, 0) is 27.7 Å². The summed E-state index contributed by atoms with van der Waals surface area (Å²) in [5.41, 5.74) is -0.608. The van der Waals surface area contributed by atoms with Crippen molar-refractivity contribution >= 4 is 23.4 Å². The van der Waals surface area contributed by atoms with Crippen LogP contribution in [0.1, 0.15) is 27.7 Å². The smallest absolute Gasteiger partial charge is 0.317 e. The highest BCUT2D eigenvalue weighted by Crippen LogP contribution is 2.16. The summed E-state index contributed by atoms with van der Waals surface area (Å²) in [7, 11) is 3.49. The first-order chi connectivity index (χ1) is 7.54. The molecule has 0 aliphatic rings. The minimum absolute atomic E-state index is 0.0216. The van der Waals surface area contributed by atoms with Gasteiger partial charge in [-0.3, -0.25) is 9.59 Å². The summed E-state index contributed by atoms with van der Waals surface area (Å²) in [5, 5.41) is 0.0216. The Balaban J connectivity index is 4.67. The molecule has 0 radical (unpaired) electrons. The van der Waals surface area contributed by atoms with E-state index in [1.54, 1.807) is 39.8 Å². The number of hydrogen-bond donors (Lipinski definition) is 0. The molecule has 1 unspecified atom stereocenters. The topological polar surface area (TPSA) is 46.6 Å². The van der Waals surface area contributed by atoms with Crippen molar-refractivity contribution in [3.63, 3.8) is 0 Å². The third kappa shape index (κ3) is 6.31. The largest absolute Gasteiger partial charge is 0.459 e. The number of allylic oxidation sites excluding steroid dienone is 1. The van der Waals surface area contributed by atoms with E-state index >= 15 is 0 Å². The molecule has 0 fully saturated rings. The van der Waals surface area contributed by atoms with Gasteiger partial charge in [-0.2, -0.15) is 0 Å². The van der Waals surface area contributed by atoms with Crippen LogP contribution >= 0.6 is 11.6 Å². The zero-order chi connectivity index (χ0) is 13.8. The number of Topliss-reactive ketones (excluding diaryl/α,β-unsaturated/α-hetero) is 1. The first-order valence-electron chi connectivity index (χ1n) is 5.35. The zero-order valence-corrected chi connectivity index (χ0v) is 12.0. The summed E-state index contributed by atoms with van der Waals surface area (Å²) < 4.78 is 5.12. The highest BCUT2D eigenvalue weighted by atomic mass is 35.5. The Morgan fingerprint density at radius 3 is 2.12 bits per heavy atom. The highest BCUT2D eigenvalue weighted by Gasteiger charge is 2.28. The van der Waals surface area contributed by atoms with Gasteiger partial charge in [0.1, 0.15) is 16.6 Å². The van der Waals surface area contributed by atoms with Gasteiger partial charge >= 0.3 is 5.97 Å². The lowest BCUT2D eigenvalue weighted by molar-refractivity contribution is -0.160. The molecule has 0 spiro atoms. The fraction of sp³-hybridized carbons (Fsp3) is 0.667. The molecule has 0 rings (SSSR count). The van der Waals surface area contributed by atoms with Crippen molar-refractivity contribution in [2.24, 2.45) is 5.92 Å². The summed E-state index contributed by atoms with van der Waals surface area (Å²) in [6.45, 7) is 6.74. The van der Waals surface area contributed by atoms with Gasteiger partial charge in [0.05, 0.1) is 0 Å². The third-order valence-electron chi connectivity index (χ3n) is 1.76. The Morgan fingerprint density at radius 1 is 1.29 bits per heavy atom. The Bertz CT molecular complexity index is 329. The van der Waals surface area contributed by atoms with Gasteiger partial charge in [0.25, 0.3) is 0 Å². The van der Waals surface area contributed by atoms with E-state index in [4.69, 9.17) is 16.3 Å². The average molecular weight is 262 g/mol. The van der Waals surface area contributed by atoms with Gasteiger partial charge < -0.3 is 9.64 Å². The number of esters is 1. The minimum atomic E-state index is -0.891. The number of rotatable bonds is 4. The van der Waals surface area contributed by atoms with Gasteiger partial charge in [0.15, 0.2) is 5.78 Å². The molecule has 0 aliphatic heterocycles. The molecular weight excluding hydrogens is 242 g/mol. The predicted molar refractivity (Wildman–Crippen MR) is 67.6 cm³/mol. The van der Waals surface area contributed by atoms with E-state index < -0.39 is 23.3 Å². The number of halogens is 1. The molecule has 98 valence electrons. The van der Waals surface area contributed by atoms with Crippen molar-refractivity contribution in [1.29, 1.82) is 0 Å². The normalized spacial score (nSPS) is 14.2. The van der Waals surface area contributed by atoms with Crippen molar-refractivity contribution in [2.45, 2.75) is 33.3 Å². The van der Waals surface area contributed by atoms with Crippen molar-refractivity contribution in [3.05, 3.63) is 11.2 Å². The SMILES string of the molecule is CC(C(=O)OC(C)(C)C)C(=O)C(Cl)=CN(C)C. The van der Waals surface area contributed by atoms with Crippen molar-refractivity contribution in [3.8, 4) is 0 Å². The van der Waals surface area contributed by atoms with E-state index in [0.717, 1.165) is 0 Å². The lowest BCUT2D eigenvalue weighted by atomic mass is 10.1. The number of carbonyl (C=O) groups is 2. The Labute approximate surface area is 108 Å². The van der Waals surface area contributed by atoms with Crippen LogP contribution in [0, 0.1) is 5.92 Å². The number of nitrogens with zero attached hydrogens (tertiary/aromatic N) is 1. The maximum Gasteiger partial charge on any atom is 0.317 e. The maximum absolute atomic E-state index is 11.8. The number of ether oxygens (including phenoxy) is 1. The van der Waals surface area contributed by atoms with Gasteiger partial charge in [0.2, 0.25) is 0 Å². The third-order valence-corrected chi connectivity index (χ3v) is 2.04. The van der Waals surface area contributed by atoms with Crippen molar-refractivity contribution < 1.29 is 14.3 Å². The standard InChI is InChI=1S/C12H20ClNO3/c1-8(11(16)17-12(2,3)4)10(15)9(13)7-14(5)6/h7-8H,1-6H3. The van der Waals surface area contributed by atoms with Gasteiger partial charge in [-0.25, -0.2) is 0 Å². The molecule has 17 heavy (non-hydrogen) atoms. The molecule has 0 aliphatic carbocycles. The molecule has 0 aromatic heterocycles. The second-order valence-electron chi connectivity index (χ2n) is 5.06. The van der Waals surface area contributed by atoms with Crippen LogP contribution in [-0.4, -0.2) is 36.3 Å². The van der Waals surface area contributed by atoms with Crippen molar-refractivity contribution in [1.82, 2.24) is 4.90 Å². The Morgan fingerprint density at radius 2 is 1.76 bits per heavy atom. The highest BCUT2D eigenvalue weighted by molar-refractivity contribution is 6.43. The monoisotopic (exact) mass is 261 g/mol. The van der Waals surface area contributed by atoms with Crippen LogP contribution in [0.3, 0.4) is 0 Å². The van der Waals surface area contributed by atoms with Crippen LogP contribution < -0.4 is 0 Å². The van der Waals surface area contributed by atoms with E-state index in [1.807, 2.05) is 0 Å². The molecule has 0 saturated carbocycles. The van der Waals surface area contributed by atoms with E-state index in [2.05, 4.69) is 0 Å². The lowest BCUT2D eigenvalue weighted by Crippen LogP contribution is -2.31. The summed E-state index contributed by atoms with van der Waals surface area (Å²) in [6, 6.07) is 0. The van der Waals surface area contributed by atoms with Crippen LogP contribution in [0.5, 0.6) is 0 Å². The van der Waals surface area contributed by atoms with E-state index in [0.29, 0.717) is 0 Å². The molecule has 0 aromatic carbocycles. The molecule has 0 N–H and O–H groups in total. The fourth-order valence-electron chi connectivity index (χ4n) is 0.994. The number of hydrogen-bond acceptors (Lipinski definition) is 4. The summed E-state index contributed by atoms with van der Waals surface area (Å²) in [5.74, 6) is -1.89. The predicted octanol–water partition coefficient (Wildman–Crippen LogP) is 2.18. The summed E-state index contributed by atoms with van der Waals surface area (Å²) >= 11 is 5.80. The molecule has 0 aromatic rings. The molecular formula is C12H20ClNO3. The first kappa shape index (κ1) is 16.0. The van der Waals surface area contributed by atoms with Crippen molar-refractivity contribution in [2.75, 3.05) is 14.1 Å². The van der Waals surface area contributed by atoms with Gasteiger partial charge in [-0.1, -0.05) is 11.6 Å². The van der Waals surface area contributed by atoms with E-state index in [-0.39, 0.29) is 5.03 Å². The lowest BCUT2D eigenvalue weighted by Gasteiger charge is -2.21. The van der Waals surface area contributed by atoms with Crippen LogP contribution in [-0.2, 0) is 14.3 Å². The quantitative estimate of drug-likeness (QED) is 0.442. The van der Waals surface area contributed by atoms with Crippen LogP contribution in [0.4, 0.5) is 0 Å².